The molecule has 1 atom stereocenters. The lowest BCUT2D eigenvalue weighted by atomic mass is 9.85. The molecule has 19 heavy (non-hydrogen) atoms. The van der Waals surface area contributed by atoms with Crippen molar-refractivity contribution in [3.8, 4) is 0 Å². The van der Waals surface area contributed by atoms with Crippen molar-refractivity contribution in [2.45, 2.75) is 44.6 Å². The highest BCUT2D eigenvalue weighted by Crippen LogP contribution is 2.26. The quantitative estimate of drug-likeness (QED) is 0.617. The van der Waals surface area contributed by atoms with Crippen LogP contribution in [0.2, 0.25) is 0 Å². The fourth-order valence-corrected chi connectivity index (χ4v) is 2.88. The minimum Gasteiger partial charge on any atom is -0.392 e. The van der Waals surface area contributed by atoms with Gasteiger partial charge in [0.15, 0.2) is 0 Å². The summed E-state index contributed by atoms with van der Waals surface area (Å²) in [6, 6.07) is 0. The Balaban J connectivity index is 2.31. The van der Waals surface area contributed by atoms with E-state index < -0.39 is 0 Å². The number of hydrogen-bond acceptors (Lipinski definition) is 4. The van der Waals surface area contributed by atoms with Gasteiger partial charge in [0.2, 0.25) is 0 Å². The molecule has 1 fully saturated rings. The summed E-state index contributed by atoms with van der Waals surface area (Å²) in [6.07, 6.45) is 7.11. The Morgan fingerprint density at radius 3 is 2.37 bits per heavy atom. The van der Waals surface area contributed by atoms with Gasteiger partial charge in [0.25, 0.3) is 0 Å². The molecule has 1 unspecified atom stereocenters. The molecule has 0 aromatic heterocycles. The first-order valence-corrected chi connectivity index (χ1v) is 7.66. The normalized spacial score (nSPS) is 18.9. The van der Waals surface area contributed by atoms with Gasteiger partial charge in [0, 0.05) is 40.5 Å². The molecule has 0 aromatic rings. The van der Waals surface area contributed by atoms with Crippen LogP contribution in [0.5, 0.6) is 0 Å². The number of rotatable bonds is 10. The molecule has 0 radical (unpaired) electrons. The Kier molecular flexibility index (Phi) is 9.43. The number of aliphatic hydroxyl groups is 1. The van der Waals surface area contributed by atoms with Crippen LogP contribution in [0.1, 0.15) is 38.5 Å². The molecule has 4 nitrogen and oxygen atoms in total. The first-order valence-electron chi connectivity index (χ1n) is 7.66. The Bertz CT molecular complexity index is 208. The molecule has 1 saturated carbocycles. The van der Waals surface area contributed by atoms with E-state index in [4.69, 9.17) is 9.47 Å². The SMILES string of the molecule is COCCCN(CCOC)CC(O)C1CCCCC1. The zero-order chi connectivity index (χ0) is 13.9. The summed E-state index contributed by atoms with van der Waals surface area (Å²) in [5.41, 5.74) is 0. The molecule has 1 N–H and O–H groups in total. The summed E-state index contributed by atoms with van der Waals surface area (Å²) in [5, 5.41) is 10.4. The smallest absolute Gasteiger partial charge is 0.0695 e. The van der Waals surface area contributed by atoms with Crippen LogP contribution in [0, 0.1) is 5.92 Å². The lowest BCUT2D eigenvalue weighted by molar-refractivity contribution is 0.0361. The third kappa shape index (κ3) is 7.25. The highest BCUT2D eigenvalue weighted by atomic mass is 16.5. The van der Waals surface area contributed by atoms with Gasteiger partial charge >= 0.3 is 0 Å². The van der Waals surface area contributed by atoms with Crippen molar-refractivity contribution in [2.24, 2.45) is 5.92 Å². The van der Waals surface area contributed by atoms with Gasteiger partial charge in [-0.2, -0.15) is 0 Å². The van der Waals surface area contributed by atoms with E-state index in [1.807, 2.05) is 0 Å². The van der Waals surface area contributed by atoms with E-state index in [1.165, 1.54) is 32.1 Å². The van der Waals surface area contributed by atoms with Gasteiger partial charge in [-0.3, -0.25) is 4.90 Å². The minimum atomic E-state index is -0.181. The summed E-state index contributed by atoms with van der Waals surface area (Å²) in [4.78, 5) is 2.31. The second-order valence-electron chi connectivity index (χ2n) is 5.61. The van der Waals surface area contributed by atoms with Gasteiger partial charge in [-0.25, -0.2) is 0 Å². The van der Waals surface area contributed by atoms with E-state index >= 15 is 0 Å². The topological polar surface area (TPSA) is 41.9 Å². The second-order valence-corrected chi connectivity index (χ2v) is 5.61. The summed E-state index contributed by atoms with van der Waals surface area (Å²) in [5.74, 6) is 0.501. The number of ether oxygens (including phenoxy) is 2. The van der Waals surface area contributed by atoms with Crippen molar-refractivity contribution in [2.75, 3.05) is 47.1 Å². The van der Waals surface area contributed by atoms with Gasteiger partial charge in [-0.1, -0.05) is 19.3 Å². The molecule has 0 aliphatic heterocycles. The monoisotopic (exact) mass is 273 g/mol. The molecular formula is C15H31NO3. The van der Waals surface area contributed by atoms with E-state index in [0.717, 1.165) is 39.3 Å². The zero-order valence-corrected chi connectivity index (χ0v) is 12.6. The van der Waals surface area contributed by atoms with Crippen LogP contribution in [0.4, 0.5) is 0 Å². The van der Waals surface area contributed by atoms with Crippen molar-refractivity contribution < 1.29 is 14.6 Å². The predicted molar refractivity (Wildman–Crippen MR) is 77.4 cm³/mol. The predicted octanol–water partition coefficient (Wildman–Crippen LogP) is 1.91. The molecule has 0 saturated heterocycles. The Morgan fingerprint density at radius 2 is 1.74 bits per heavy atom. The lowest BCUT2D eigenvalue weighted by Crippen LogP contribution is -2.39. The zero-order valence-electron chi connectivity index (χ0n) is 12.6. The Hall–Kier alpha value is -0.160. The van der Waals surface area contributed by atoms with Crippen LogP contribution >= 0.6 is 0 Å². The third-order valence-electron chi connectivity index (χ3n) is 4.07. The molecule has 1 rings (SSSR count). The lowest BCUT2D eigenvalue weighted by Gasteiger charge is -2.31. The van der Waals surface area contributed by atoms with E-state index in [0.29, 0.717) is 5.92 Å². The second kappa shape index (κ2) is 10.6. The average Bonchev–Trinajstić information content (AvgIpc) is 2.45. The van der Waals surface area contributed by atoms with Crippen molar-refractivity contribution in [3.63, 3.8) is 0 Å². The van der Waals surface area contributed by atoms with E-state index in [9.17, 15) is 5.11 Å². The molecule has 0 amide bonds. The molecular weight excluding hydrogens is 242 g/mol. The van der Waals surface area contributed by atoms with Gasteiger partial charge in [-0.15, -0.1) is 0 Å². The largest absolute Gasteiger partial charge is 0.392 e. The Labute approximate surface area is 118 Å². The van der Waals surface area contributed by atoms with Gasteiger partial charge in [0.1, 0.15) is 0 Å². The highest BCUT2D eigenvalue weighted by molar-refractivity contribution is 4.76. The van der Waals surface area contributed by atoms with Crippen LogP contribution in [0.25, 0.3) is 0 Å². The summed E-state index contributed by atoms with van der Waals surface area (Å²) < 4.78 is 10.2. The van der Waals surface area contributed by atoms with Crippen molar-refractivity contribution in [3.05, 3.63) is 0 Å². The average molecular weight is 273 g/mol. The molecule has 0 spiro atoms. The van der Waals surface area contributed by atoms with E-state index in [2.05, 4.69) is 4.90 Å². The van der Waals surface area contributed by atoms with E-state index in [1.54, 1.807) is 14.2 Å². The number of nitrogens with zero attached hydrogens (tertiary/aromatic N) is 1. The summed E-state index contributed by atoms with van der Waals surface area (Å²) in [6.45, 7) is 4.15. The van der Waals surface area contributed by atoms with Crippen molar-refractivity contribution in [1.82, 2.24) is 4.90 Å². The van der Waals surface area contributed by atoms with Crippen LogP contribution in [-0.2, 0) is 9.47 Å². The van der Waals surface area contributed by atoms with E-state index in [-0.39, 0.29) is 6.10 Å². The number of hydrogen-bond donors (Lipinski definition) is 1. The number of aliphatic hydroxyl groups excluding tert-OH is 1. The fourth-order valence-electron chi connectivity index (χ4n) is 2.88. The maximum atomic E-state index is 10.4. The Morgan fingerprint density at radius 1 is 1.05 bits per heavy atom. The highest BCUT2D eigenvalue weighted by Gasteiger charge is 2.23. The standard InChI is InChI=1S/C15H31NO3/c1-18-11-6-9-16(10-12-19-2)13-15(17)14-7-4-3-5-8-14/h14-15,17H,3-13H2,1-2H3. The first kappa shape index (κ1) is 16.9. The van der Waals surface area contributed by atoms with Gasteiger partial charge < -0.3 is 14.6 Å². The molecule has 0 heterocycles. The maximum absolute atomic E-state index is 10.4. The van der Waals surface area contributed by atoms with Crippen molar-refractivity contribution in [1.29, 1.82) is 0 Å². The molecule has 0 bridgehead atoms. The van der Waals surface area contributed by atoms with Crippen LogP contribution in [0.15, 0.2) is 0 Å². The van der Waals surface area contributed by atoms with Crippen LogP contribution < -0.4 is 0 Å². The summed E-state index contributed by atoms with van der Waals surface area (Å²) in [7, 11) is 3.46. The minimum absolute atomic E-state index is 0.181. The molecule has 0 aromatic carbocycles. The molecule has 1 aliphatic carbocycles. The fraction of sp³-hybridized carbons (Fsp3) is 1.00. The van der Waals surface area contributed by atoms with Gasteiger partial charge in [0.05, 0.1) is 12.7 Å². The molecule has 1 aliphatic rings. The molecule has 4 heteroatoms. The van der Waals surface area contributed by atoms with Gasteiger partial charge in [-0.05, 0) is 25.2 Å². The third-order valence-corrected chi connectivity index (χ3v) is 4.07. The van der Waals surface area contributed by atoms with Crippen LogP contribution in [-0.4, -0.2) is 63.2 Å². The molecule has 114 valence electrons. The van der Waals surface area contributed by atoms with Crippen molar-refractivity contribution >= 4 is 0 Å². The number of methoxy groups -OCH3 is 2. The summed E-state index contributed by atoms with van der Waals surface area (Å²) >= 11 is 0. The van der Waals surface area contributed by atoms with Crippen LogP contribution in [0.3, 0.4) is 0 Å². The maximum Gasteiger partial charge on any atom is 0.0695 e. The first-order chi connectivity index (χ1) is 9.27.